The molecule has 2 N–H and O–H groups in total. The first kappa shape index (κ1) is 14.4. The van der Waals surface area contributed by atoms with Gasteiger partial charge in [-0.15, -0.1) is 0 Å². The fraction of sp³-hybridized carbons (Fsp3) is 0.438. The van der Waals surface area contributed by atoms with Crippen molar-refractivity contribution in [2.45, 2.75) is 46.2 Å². The Balaban J connectivity index is 2.58. The third kappa shape index (κ3) is 2.64. The van der Waals surface area contributed by atoms with Gasteiger partial charge in [-0.1, -0.05) is 50.6 Å². The fourth-order valence-corrected chi connectivity index (χ4v) is 2.48. The predicted octanol–water partition coefficient (Wildman–Crippen LogP) is 3.11. The Hall–Kier alpha value is -1.97. The van der Waals surface area contributed by atoms with Crippen molar-refractivity contribution in [2.24, 2.45) is 0 Å². The van der Waals surface area contributed by atoms with Gasteiger partial charge in [0.1, 0.15) is 5.69 Å². The maximum atomic E-state index is 12.4. The van der Waals surface area contributed by atoms with Crippen LogP contribution >= 0.6 is 0 Å². The Morgan fingerprint density at radius 3 is 2.30 bits per heavy atom. The van der Waals surface area contributed by atoms with Crippen LogP contribution in [0.2, 0.25) is 0 Å². The van der Waals surface area contributed by atoms with Gasteiger partial charge in [0.25, 0.3) is 5.56 Å². The molecule has 0 bridgehead atoms. The Bertz CT molecular complexity index is 611. The summed E-state index contributed by atoms with van der Waals surface area (Å²) < 4.78 is 3.84. The molecule has 0 aliphatic rings. The molecule has 0 aliphatic carbocycles. The topological polar surface area (TPSA) is 52.9 Å². The summed E-state index contributed by atoms with van der Waals surface area (Å²) in [6.45, 7) is 5.77. The number of nitrogens with two attached hydrogens (primary N) is 1. The molecule has 2 rings (SSSR count). The van der Waals surface area contributed by atoms with Gasteiger partial charge < -0.3 is 5.73 Å². The van der Waals surface area contributed by atoms with Crippen molar-refractivity contribution in [3.8, 4) is 11.3 Å². The molecule has 1 heterocycles. The highest BCUT2D eigenvalue weighted by Crippen LogP contribution is 2.24. The Labute approximate surface area is 119 Å². The van der Waals surface area contributed by atoms with Gasteiger partial charge in [-0.2, -0.15) is 0 Å². The SMILES string of the molecule is CCCCn1c(=O)c(N)c(-c2ccccc2)n1CCC. The average molecular weight is 273 g/mol. The van der Waals surface area contributed by atoms with Gasteiger partial charge in [-0.3, -0.25) is 9.48 Å². The number of unbranched alkanes of at least 4 members (excludes halogenated alkanes) is 1. The number of rotatable bonds is 6. The van der Waals surface area contributed by atoms with E-state index in [-0.39, 0.29) is 5.56 Å². The number of nitrogens with zero attached hydrogens (tertiary/aromatic N) is 2. The zero-order valence-electron chi connectivity index (χ0n) is 12.3. The van der Waals surface area contributed by atoms with Crippen molar-refractivity contribution in [1.82, 2.24) is 9.36 Å². The quantitative estimate of drug-likeness (QED) is 0.879. The highest BCUT2D eigenvalue weighted by atomic mass is 16.1. The Morgan fingerprint density at radius 1 is 1.00 bits per heavy atom. The number of hydrogen-bond donors (Lipinski definition) is 1. The van der Waals surface area contributed by atoms with Crippen LogP contribution in [0.1, 0.15) is 33.1 Å². The van der Waals surface area contributed by atoms with Crippen LogP contribution in [-0.2, 0) is 13.1 Å². The molecule has 2 aromatic rings. The summed E-state index contributed by atoms with van der Waals surface area (Å²) in [7, 11) is 0. The summed E-state index contributed by atoms with van der Waals surface area (Å²) in [5.41, 5.74) is 8.24. The fourth-order valence-electron chi connectivity index (χ4n) is 2.48. The van der Waals surface area contributed by atoms with Crippen LogP contribution in [0, 0.1) is 0 Å². The standard InChI is InChI=1S/C16H23N3O/c1-3-5-12-19-16(20)14(17)15(18(19)11-4-2)13-9-7-6-8-10-13/h6-10H,3-5,11-12,17H2,1-2H3. The Kier molecular flexibility index (Phi) is 4.66. The molecular formula is C16H23N3O. The number of hydrogen-bond acceptors (Lipinski definition) is 2. The van der Waals surface area contributed by atoms with Crippen LogP contribution in [0.5, 0.6) is 0 Å². The third-order valence-electron chi connectivity index (χ3n) is 3.48. The lowest BCUT2D eigenvalue weighted by Gasteiger charge is -2.14. The second-order valence-electron chi connectivity index (χ2n) is 5.03. The minimum Gasteiger partial charge on any atom is -0.392 e. The Morgan fingerprint density at radius 2 is 1.70 bits per heavy atom. The maximum absolute atomic E-state index is 12.4. The van der Waals surface area contributed by atoms with Crippen molar-refractivity contribution in [3.63, 3.8) is 0 Å². The van der Waals surface area contributed by atoms with Crippen LogP contribution in [-0.4, -0.2) is 9.36 Å². The third-order valence-corrected chi connectivity index (χ3v) is 3.48. The van der Waals surface area contributed by atoms with Crippen LogP contribution < -0.4 is 11.3 Å². The maximum Gasteiger partial charge on any atom is 0.290 e. The van der Waals surface area contributed by atoms with E-state index in [1.165, 1.54) is 0 Å². The smallest absolute Gasteiger partial charge is 0.290 e. The van der Waals surface area contributed by atoms with E-state index in [4.69, 9.17) is 5.73 Å². The minimum absolute atomic E-state index is 0.0641. The molecule has 108 valence electrons. The number of anilines is 1. The van der Waals surface area contributed by atoms with Gasteiger partial charge in [-0.05, 0) is 12.8 Å². The molecule has 0 aliphatic heterocycles. The molecule has 0 amide bonds. The summed E-state index contributed by atoms with van der Waals surface area (Å²) >= 11 is 0. The first-order valence-electron chi connectivity index (χ1n) is 7.35. The summed E-state index contributed by atoms with van der Waals surface area (Å²) in [5, 5.41) is 0. The van der Waals surface area contributed by atoms with E-state index in [2.05, 4.69) is 13.8 Å². The van der Waals surface area contributed by atoms with Gasteiger partial charge in [0.2, 0.25) is 0 Å². The van der Waals surface area contributed by atoms with E-state index in [0.717, 1.165) is 43.6 Å². The van der Waals surface area contributed by atoms with Crippen LogP contribution in [0.3, 0.4) is 0 Å². The lowest BCUT2D eigenvalue weighted by molar-refractivity contribution is 0.431. The van der Waals surface area contributed by atoms with Crippen molar-refractivity contribution >= 4 is 5.69 Å². The van der Waals surface area contributed by atoms with Crippen molar-refractivity contribution in [3.05, 3.63) is 40.7 Å². The van der Waals surface area contributed by atoms with Crippen molar-refractivity contribution in [2.75, 3.05) is 5.73 Å². The van der Waals surface area contributed by atoms with E-state index in [1.54, 1.807) is 4.68 Å². The largest absolute Gasteiger partial charge is 0.392 e. The van der Waals surface area contributed by atoms with Gasteiger partial charge in [0.15, 0.2) is 0 Å². The number of aromatic nitrogens is 2. The molecule has 1 aromatic carbocycles. The summed E-state index contributed by atoms with van der Waals surface area (Å²) in [6.07, 6.45) is 3.02. The van der Waals surface area contributed by atoms with E-state index >= 15 is 0 Å². The van der Waals surface area contributed by atoms with Crippen LogP contribution in [0.4, 0.5) is 5.69 Å². The van der Waals surface area contributed by atoms with Gasteiger partial charge in [0.05, 0.1) is 5.69 Å². The minimum atomic E-state index is -0.0641. The summed E-state index contributed by atoms with van der Waals surface area (Å²) in [4.78, 5) is 12.4. The lowest BCUT2D eigenvalue weighted by Crippen LogP contribution is -2.24. The molecule has 20 heavy (non-hydrogen) atoms. The zero-order chi connectivity index (χ0) is 14.5. The summed E-state index contributed by atoms with van der Waals surface area (Å²) in [5.74, 6) is 0. The molecule has 0 radical (unpaired) electrons. The molecule has 1 aromatic heterocycles. The zero-order valence-corrected chi connectivity index (χ0v) is 12.3. The molecule has 0 atom stereocenters. The molecule has 4 heteroatoms. The van der Waals surface area contributed by atoms with Gasteiger partial charge in [-0.25, -0.2) is 4.68 Å². The first-order valence-corrected chi connectivity index (χ1v) is 7.35. The monoisotopic (exact) mass is 273 g/mol. The average Bonchev–Trinajstić information content (AvgIpc) is 2.70. The normalized spacial score (nSPS) is 10.9. The molecule has 4 nitrogen and oxygen atoms in total. The highest BCUT2D eigenvalue weighted by molar-refractivity contribution is 5.72. The molecule has 0 unspecified atom stereocenters. The van der Waals surface area contributed by atoms with Crippen LogP contribution in [0.15, 0.2) is 35.1 Å². The molecule has 0 saturated heterocycles. The predicted molar refractivity (Wildman–Crippen MR) is 83.7 cm³/mol. The first-order chi connectivity index (χ1) is 9.70. The van der Waals surface area contributed by atoms with E-state index in [1.807, 2.05) is 35.0 Å². The second-order valence-corrected chi connectivity index (χ2v) is 5.03. The number of nitrogen functional groups attached to an aromatic ring is 1. The lowest BCUT2D eigenvalue weighted by atomic mass is 10.1. The van der Waals surface area contributed by atoms with Crippen LogP contribution in [0.25, 0.3) is 11.3 Å². The molecular weight excluding hydrogens is 250 g/mol. The van der Waals surface area contributed by atoms with Crippen molar-refractivity contribution in [1.29, 1.82) is 0 Å². The van der Waals surface area contributed by atoms with E-state index in [9.17, 15) is 4.79 Å². The number of benzene rings is 1. The van der Waals surface area contributed by atoms with E-state index in [0.29, 0.717) is 5.69 Å². The van der Waals surface area contributed by atoms with Gasteiger partial charge in [0, 0.05) is 18.7 Å². The van der Waals surface area contributed by atoms with Gasteiger partial charge >= 0.3 is 0 Å². The van der Waals surface area contributed by atoms with E-state index < -0.39 is 0 Å². The molecule has 0 saturated carbocycles. The molecule has 0 spiro atoms. The molecule has 0 fully saturated rings. The summed E-state index contributed by atoms with van der Waals surface area (Å²) in [6, 6.07) is 9.91. The van der Waals surface area contributed by atoms with Crippen molar-refractivity contribution < 1.29 is 0 Å². The second kappa shape index (κ2) is 6.46. The highest BCUT2D eigenvalue weighted by Gasteiger charge is 2.18.